The Bertz CT molecular complexity index is 634. The molecule has 2 rings (SSSR count). The summed E-state index contributed by atoms with van der Waals surface area (Å²) in [4.78, 5) is 11.5. The summed E-state index contributed by atoms with van der Waals surface area (Å²) in [5.74, 6) is 1.17. The van der Waals surface area contributed by atoms with E-state index in [0.717, 1.165) is 17.0 Å². The second-order valence-electron chi connectivity index (χ2n) is 4.53. The van der Waals surface area contributed by atoms with Gasteiger partial charge in [0.1, 0.15) is 5.75 Å². The van der Waals surface area contributed by atoms with Gasteiger partial charge in [-0.1, -0.05) is 5.21 Å². The Morgan fingerprint density at radius 2 is 2.20 bits per heavy atom. The number of hydrogen-bond acceptors (Lipinski definition) is 5. The number of benzene rings is 1. The van der Waals surface area contributed by atoms with Crippen LogP contribution in [0.2, 0.25) is 0 Å². The van der Waals surface area contributed by atoms with Crippen molar-refractivity contribution in [2.45, 2.75) is 27.3 Å². The Hall–Kier alpha value is -2.37. The molecule has 0 unspecified atom stereocenters. The molecule has 106 valence electrons. The van der Waals surface area contributed by atoms with Gasteiger partial charge >= 0.3 is 0 Å². The first kappa shape index (κ1) is 14.0. The fraction of sp³-hybridized carbons (Fsp3) is 0.357. The predicted octanol–water partition coefficient (Wildman–Crippen LogP) is 1.82. The van der Waals surface area contributed by atoms with Crippen LogP contribution in [-0.2, 0) is 6.54 Å². The summed E-state index contributed by atoms with van der Waals surface area (Å²) in [6.45, 7) is 6.33. The van der Waals surface area contributed by atoms with Crippen molar-refractivity contribution < 1.29 is 9.53 Å². The van der Waals surface area contributed by atoms with E-state index in [1.807, 2.05) is 26.0 Å². The van der Waals surface area contributed by atoms with Crippen molar-refractivity contribution in [2.24, 2.45) is 0 Å². The van der Waals surface area contributed by atoms with E-state index in [4.69, 9.17) is 10.5 Å². The molecule has 0 spiro atoms. The number of rotatable bonds is 5. The van der Waals surface area contributed by atoms with Crippen LogP contribution in [0.4, 0.5) is 5.82 Å². The molecule has 0 aliphatic heterocycles. The van der Waals surface area contributed by atoms with Gasteiger partial charge in [-0.25, -0.2) is 4.68 Å². The molecule has 0 radical (unpaired) electrons. The Balaban J connectivity index is 2.39. The van der Waals surface area contributed by atoms with Crippen LogP contribution < -0.4 is 10.5 Å². The van der Waals surface area contributed by atoms with Crippen LogP contribution in [0.25, 0.3) is 0 Å². The summed E-state index contributed by atoms with van der Waals surface area (Å²) in [6, 6.07) is 5.40. The number of nitrogen functional groups attached to an aromatic ring is 1. The van der Waals surface area contributed by atoms with Crippen LogP contribution in [0.3, 0.4) is 0 Å². The summed E-state index contributed by atoms with van der Waals surface area (Å²) in [7, 11) is 0. The monoisotopic (exact) mass is 274 g/mol. The Morgan fingerprint density at radius 1 is 1.45 bits per heavy atom. The van der Waals surface area contributed by atoms with Crippen molar-refractivity contribution in [1.82, 2.24) is 15.0 Å². The van der Waals surface area contributed by atoms with Gasteiger partial charge in [-0.05, 0) is 39.0 Å². The summed E-state index contributed by atoms with van der Waals surface area (Å²) >= 11 is 0. The fourth-order valence-electron chi connectivity index (χ4n) is 1.90. The van der Waals surface area contributed by atoms with E-state index >= 15 is 0 Å². The lowest BCUT2D eigenvalue weighted by Crippen LogP contribution is -2.08. The van der Waals surface area contributed by atoms with Crippen LogP contribution in [-0.4, -0.2) is 27.4 Å². The highest BCUT2D eigenvalue weighted by atomic mass is 16.5. The van der Waals surface area contributed by atoms with Gasteiger partial charge in [-0.15, -0.1) is 5.10 Å². The number of nitrogens with zero attached hydrogens (tertiary/aromatic N) is 3. The molecule has 6 heteroatoms. The first-order valence-electron chi connectivity index (χ1n) is 6.45. The molecule has 1 heterocycles. The molecular weight excluding hydrogens is 256 g/mol. The van der Waals surface area contributed by atoms with E-state index < -0.39 is 0 Å². The number of nitrogens with two attached hydrogens (primary N) is 1. The molecule has 1 aromatic heterocycles. The maximum Gasteiger partial charge on any atom is 0.168 e. The molecule has 0 bridgehead atoms. The van der Waals surface area contributed by atoms with E-state index in [-0.39, 0.29) is 5.78 Å². The van der Waals surface area contributed by atoms with Crippen molar-refractivity contribution in [2.75, 3.05) is 12.3 Å². The molecule has 0 fully saturated rings. The SMILES string of the molecule is CCOc1ccc(C(C)=O)cc1Cn1nnc(N)c1C. The highest BCUT2D eigenvalue weighted by Gasteiger charge is 2.11. The lowest BCUT2D eigenvalue weighted by atomic mass is 10.1. The zero-order chi connectivity index (χ0) is 14.7. The van der Waals surface area contributed by atoms with Gasteiger partial charge in [0.05, 0.1) is 18.8 Å². The number of anilines is 1. The lowest BCUT2D eigenvalue weighted by Gasteiger charge is -2.12. The number of carbonyl (C=O) groups excluding carboxylic acids is 1. The van der Waals surface area contributed by atoms with E-state index in [2.05, 4.69) is 10.3 Å². The minimum atomic E-state index is 0.0177. The maximum atomic E-state index is 11.5. The molecule has 2 N–H and O–H groups in total. The largest absolute Gasteiger partial charge is 0.494 e. The van der Waals surface area contributed by atoms with Crippen LogP contribution >= 0.6 is 0 Å². The van der Waals surface area contributed by atoms with E-state index in [0.29, 0.717) is 24.5 Å². The quantitative estimate of drug-likeness (QED) is 0.841. The number of ether oxygens (including phenoxy) is 1. The molecule has 1 aromatic carbocycles. The number of Topliss-reactive ketones (excluding diaryl/α,β-unsaturated/α-hetero) is 1. The van der Waals surface area contributed by atoms with Crippen molar-refractivity contribution >= 4 is 11.6 Å². The number of carbonyl (C=O) groups is 1. The molecule has 2 aromatic rings. The molecule has 0 saturated carbocycles. The van der Waals surface area contributed by atoms with Crippen molar-refractivity contribution in [3.63, 3.8) is 0 Å². The molecule has 0 atom stereocenters. The second-order valence-corrected chi connectivity index (χ2v) is 4.53. The minimum Gasteiger partial charge on any atom is -0.494 e. The Labute approximate surface area is 117 Å². The van der Waals surface area contributed by atoms with Crippen molar-refractivity contribution in [1.29, 1.82) is 0 Å². The fourth-order valence-corrected chi connectivity index (χ4v) is 1.90. The summed E-state index contributed by atoms with van der Waals surface area (Å²) in [5.41, 5.74) is 8.01. The zero-order valence-corrected chi connectivity index (χ0v) is 11.9. The molecular formula is C14H18N4O2. The third-order valence-electron chi connectivity index (χ3n) is 3.11. The van der Waals surface area contributed by atoms with E-state index in [9.17, 15) is 4.79 Å². The molecule has 0 amide bonds. The molecule has 6 nitrogen and oxygen atoms in total. The van der Waals surface area contributed by atoms with Crippen LogP contribution in [0.15, 0.2) is 18.2 Å². The van der Waals surface area contributed by atoms with Crippen molar-refractivity contribution in [3.8, 4) is 5.75 Å². The first-order valence-corrected chi connectivity index (χ1v) is 6.45. The van der Waals surface area contributed by atoms with Crippen LogP contribution in [0, 0.1) is 6.92 Å². The topological polar surface area (TPSA) is 83.0 Å². The first-order chi connectivity index (χ1) is 9.52. The molecule has 20 heavy (non-hydrogen) atoms. The average molecular weight is 274 g/mol. The van der Waals surface area contributed by atoms with Gasteiger partial charge in [-0.2, -0.15) is 0 Å². The maximum absolute atomic E-state index is 11.5. The minimum absolute atomic E-state index is 0.0177. The average Bonchev–Trinajstić information content (AvgIpc) is 2.73. The number of hydrogen-bond donors (Lipinski definition) is 1. The summed E-state index contributed by atoms with van der Waals surface area (Å²) in [5, 5.41) is 7.82. The van der Waals surface area contributed by atoms with Gasteiger partial charge < -0.3 is 10.5 Å². The number of aromatic nitrogens is 3. The third-order valence-corrected chi connectivity index (χ3v) is 3.11. The molecule has 0 aliphatic rings. The van der Waals surface area contributed by atoms with Gasteiger partial charge in [0.2, 0.25) is 0 Å². The second kappa shape index (κ2) is 5.73. The van der Waals surface area contributed by atoms with Gasteiger partial charge in [-0.3, -0.25) is 4.79 Å². The van der Waals surface area contributed by atoms with Gasteiger partial charge in [0, 0.05) is 11.1 Å². The summed E-state index contributed by atoms with van der Waals surface area (Å²) in [6.07, 6.45) is 0. The standard InChI is InChI=1S/C14H18N4O2/c1-4-20-13-6-5-11(10(3)19)7-12(13)8-18-9(2)14(15)16-17-18/h5-7H,4,8,15H2,1-3H3. The third kappa shape index (κ3) is 2.79. The smallest absolute Gasteiger partial charge is 0.168 e. The van der Waals surface area contributed by atoms with Gasteiger partial charge in [0.25, 0.3) is 0 Å². The highest BCUT2D eigenvalue weighted by Crippen LogP contribution is 2.22. The lowest BCUT2D eigenvalue weighted by molar-refractivity contribution is 0.101. The normalized spacial score (nSPS) is 10.6. The molecule has 0 saturated heterocycles. The summed E-state index contributed by atoms with van der Waals surface area (Å²) < 4.78 is 7.28. The predicted molar refractivity (Wildman–Crippen MR) is 75.9 cm³/mol. The Kier molecular flexibility index (Phi) is 4.02. The van der Waals surface area contributed by atoms with E-state index in [1.165, 1.54) is 6.92 Å². The van der Waals surface area contributed by atoms with Crippen LogP contribution in [0.1, 0.15) is 35.5 Å². The van der Waals surface area contributed by atoms with Gasteiger partial charge in [0.15, 0.2) is 11.6 Å². The van der Waals surface area contributed by atoms with Crippen molar-refractivity contribution in [3.05, 3.63) is 35.0 Å². The van der Waals surface area contributed by atoms with Crippen LogP contribution in [0.5, 0.6) is 5.75 Å². The number of ketones is 1. The molecule has 0 aliphatic carbocycles. The van der Waals surface area contributed by atoms with E-state index in [1.54, 1.807) is 10.7 Å². The highest BCUT2D eigenvalue weighted by molar-refractivity contribution is 5.94. The zero-order valence-electron chi connectivity index (χ0n) is 11.9. The Morgan fingerprint density at radius 3 is 2.75 bits per heavy atom.